The Kier molecular flexibility index (Phi) is 6.81. The number of benzene rings is 1. The third kappa shape index (κ3) is 4.38. The van der Waals surface area contributed by atoms with Crippen LogP contribution in [-0.2, 0) is 13.1 Å². The van der Waals surface area contributed by atoms with Gasteiger partial charge in [0.25, 0.3) is 0 Å². The van der Waals surface area contributed by atoms with Gasteiger partial charge in [-0.3, -0.25) is 4.79 Å². The Morgan fingerprint density at radius 3 is 2.66 bits per heavy atom. The molecule has 8 heteroatoms. The number of rotatable bonds is 9. The molecule has 0 aliphatic heterocycles. The number of ether oxygens (including phenoxy) is 1. The minimum atomic E-state index is 0.102. The molecule has 0 atom stereocenters. The Balaban J connectivity index is 1.52. The van der Waals surface area contributed by atoms with Crippen LogP contribution in [0.1, 0.15) is 33.5 Å². The third-order valence-corrected chi connectivity index (χ3v) is 7.31. The Bertz CT molecular complexity index is 1230. The Labute approximate surface area is 196 Å². The lowest BCUT2D eigenvalue weighted by atomic mass is 10.2. The maximum absolute atomic E-state index is 13.1. The molecule has 0 aliphatic carbocycles. The Morgan fingerprint density at radius 2 is 1.94 bits per heavy atom. The van der Waals surface area contributed by atoms with Gasteiger partial charge in [-0.15, -0.1) is 21.5 Å². The second-order valence-corrected chi connectivity index (χ2v) is 9.39. The first-order valence-corrected chi connectivity index (χ1v) is 12.3. The largest absolute Gasteiger partial charge is 0.496 e. The van der Waals surface area contributed by atoms with E-state index in [1.165, 1.54) is 16.6 Å². The number of aryl methyl sites for hydroxylation is 1. The molecule has 0 saturated carbocycles. The molecule has 4 aromatic rings. The van der Waals surface area contributed by atoms with Crippen LogP contribution in [0.25, 0.3) is 11.4 Å². The number of ketones is 1. The average molecular weight is 467 g/mol. The van der Waals surface area contributed by atoms with E-state index >= 15 is 0 Å². The van der Waals surface area contributed by atoms with Crippen LogP contribution in [0.15, 0.2) is 53.0 Å². The number of hydrogen-bond acceptors (Lipinski definition) is 6. The van der Waals surface area contributed by atoms with Crippen LogP contribution < -0.4 is 4.74 Å². The van der Waals surface area contributed by atoms with Crippen LogP contribution in [0.2, 0.25) is 0 Å². The summed E-state index contributed by atoms with van der Waals surface area (Å²) in [5.74, 6) is 1.91. The maximum Gasteiger partial charge on any atom is 0.191 e. The van der Waals surface area contributed by atoms with Gasteiger partial charge >= 0.3 is 0 Å². The first-order valence-electron chi connectivity index (χ1n) is 10.4. The minimum absolute atomic E-state index is 0.102. The van der Waals surface area contributed by atoms with Gasteiger partial charge in [-0.1, -0.05) is 30.0 Å². The van der Waals surface area contributed by atoms with Crippen molar-refractivity contribution < 1.29 is 9.53 Å². The lowest BCUT2D eigenvalue weighted by Gasteiger charge is -2.10. The molecule has 0 spiro atoms. The van der Waals surface area contributed by atoms with Crippen molar-refractivity contribution in [2.45, 2.75) is 39.0 Å². The highest BCUT2D eigenvalue weighted by Gasteiger charge is 2.20. The van der Waals surface area contributed by atoms with E-state index in [4.69, 9.17) is 4.74 Å². The predicted molar refractivity (Wildman–Crippen MR) is 130 cm³/mol. The summed E-state index contributed by atoms with van der Waals surface area (Å²) in [6.07, 6.45) is 0. The van der Waals surface area contributed by atoms with Gasteiger partial charge in [0.05, 0.1) is 25.0 Å². The summed E-state index contributed by atoms with van der Waals surface area (Å²) in [6, 6.07) is 13.9. The van der Waals surface area contributed by atoms with Crippen LogP contribution in [0.4, 0.5) is 0 Å². The minimum Gasteiger partial charge on any atom is -0.496 e. The fourth-order valence-corrected chi connectivity index (χ4v) is 5.38. The van der Waals surface area contributed by atoms with Gasteiger partial charge in [-0.2, -0.15) is 0 Å². The third-order valence-electron chi connectivity index (χ3n) is 5.48. The van der Waals surface area contributed by atoms with Crippen LogP contribution >= 0.6 is 23.1 Å². The van der Waals surface area contributed by atoms with Crippen molar-refractivity contribution in [1.29, 1.82) is 0 Å². The molecular formula is C24H26N4O2S2. The smallest absolute Gasteiger partial charge is 0.191 e. The SMILES string of the molecule is CCn1c(SCC(=O)c2cc(C)n(Cc3cccs3)c2C)nnc1-c1ccccc1OC. The van der Waals surface area contributed by atoms with Crippen molar-refractivity contribution in [2.24, 2.45) is 0 Å². The molecule has 0 fully saturated rings. The molecule has 3 aromatic heterocycles. The van der Waals surface area contributed by atoms with Gasteiger partial charge in [-0.05, 0) is 50.4 Å². The maximum atomic E-state index is 13.1. The molecule has 0 amide bonds. The van der Waals surface area contributed by atoms with Gasteiger partial charge in [-0.25, -0.2) is 0 Å². The van der Waals surface area contributed by atoms with E-state index in [0.29, 0.717) is 12.3 Å². The lowest BCUT2D eigenvalue weighted by Crippen LogP contribution is -2.08. The predicted octanol–water partition coefficient (Wildman–Crippen LogP) is 5.48. The van der Waals surface area contributed by atoms with Crippen molar-refractivity contribution in [3.8, 4) is 17.1 Å². The molecule has 0 saturated heterocycles. The summed E-state index contributed by atoms with van der Waals surface area (Å²) >= 11 is 3.16. The molecule has 1 aromatic carbocycles. The number of hydrogen-bond donors (Lipinski definition) is 0. The summed E-state index contributed by atoms with van der Waals surface area (Å²) < 4.78 is 9.72. The zero-order chi connectivity index (χ0) is 22.7. The summed E-state index contributed by atoms with van der Waals surface area (Å²) in [7, 11) is 1.65. The zero-order valence-electron chi connectivity index (χ0n) is 18.7. The highest BCUT2D eigenvalue weighted by molar-refractivity contribution is 7.99. The summed E-state index contributed by atoms with van der Waals surface area (Å²) in [5.41, 5.74) is 3.77. The summed E-state index contributed by atoms with van der Waals surface area (Å²) in [6.45, 7) is 7.62. The first-order chi connectivity index (χ1) is 15.5. The topological polar surface area (TPSA) is 61.9 Å². The van der Waals surface area contributed by atoms with Crippen LogP contribution in [0.3, 0.4) is 0 Å². The van der Waals surface area contributed by atoms with E-state index in [1.54, 1.807) is 18.4 Å². The van der Waals surface area contributed by atoms with E-state index < -0.39 is 0 Å². The van der Waals surface area contributed by atoms with E-state index in [2.05, 4.69) is 39.2 Å². The number of carbonyl (C=O) groups excluding carboxylic acids is 1. The normalized spacial score (nSPS) is 11.1. The zero-order valence-corrected chi connectivity index (χ0v) is 20.3. The number of nitrogens with zero attached hydrogens (tertiary/aromatic N) is 4. The molecular weight excluding hydrogens is 440 g/mol. The quantitative estimate of drug-likeness (QED) is 0.242. The molecule has 32 heavy (non-hydrogen) atoms. The summed E-state index contributed by atoms with van der Waals surface area (Å²) in [5, 5.41) is 11.6. The molecule has 3 heterocycles. The second-order valence-electron chi connectivity index (χ2n) is 7.41. The standard InChI is InChI=1S/C24H26N4O2S2/c1-5-27-23(19-10-6-7-11-22(19)30-4)25-26-24(27)32-15-21(29)20-13-16(2)28(17(20)3)14-18-9-8-12-31-18/h6-13H,5,14-15H2,1-4H3. The van der Waals surface area contributed by atoms with E-state index in [9.17, 15) is 4.79 Å². The fourth-order valence-electron chi connectivity index (χ4n) is 3.80. The lowest BCUT2D eigenvalue weighted by molar-refractivity contribution is 0.102. The number of methoxy groups -OCH3 is 1. The monoisotopic (exact) mass is 466 g/mol. The van der Waals surface area contributed by atoms with Crippen LogP contribution in [-0.4, -0.2) is 38.0 Å². The number of carbonyl (C=O) groups is 1. The van der Waals surface area contributed by atoms with Crippen molar-refractivity contribution in [3.63, 3.8) is 0 Å². The Hall–Kier alpha value is -2.84. The van der Waals surface area contributed by atoms with Crippen LogP contribution in [0.5, 0.6) is 5.75 Å². The number of thiophene rings is 1. The second kappa shape index (κ2) is 9.75. The highest BCUT2D eigenvalue weighted by atomic mass is 32.2. The number of para-hydroxylation sites is 1. The van der Waals surface area contributed by atoms with Gasteiger partial charge < -0.3 is 13.9 Å². The van der Waals surface area contributed by atoms with E-state index in [-0.39, 0.29) is 5.78 Å². The first kappa shape index (κ1) is 22.4. The average Bonchev–Trinajstić information content (AvgIpc) is 3.53. The summed E-state index contributed by atoms with van der Waals surface area (Å²) in [4.78, 5) is 14.4. The Morgan fingerprint density at radius 1 is 1.12 bits per heavy atom. The molecule has 6 nitrogen and oxygen atoms in total. The number of aromatic nitrogens is 4. The van der Waals surface area contributed by atoms with Gasteiger partial charge in [0.1, 0.15) is 5.75 Å². The molecule has 4 rings (SSSR count). The van der Waals surface area contributed by atoms with Gasteiger partial charge in [0.15, 0.2) is 16.8 Å². The van der Waals surface area contributed by atoms with E-state index in [1.807, 2.05) is 48.7 Å². The molecule has 0 radical (unpaired) electrons. The van der Waals surface area contributed by atoms with Crippen molar-refractivity contribution in [1.82, 2.24) is 19.3 Å². The molecule has 0 unspecified atom stereocenters. The number of thioether (sulfide) groups is 1. The van der Waals surface area contributed by atoms with Gasteiger partial charge in [0.2, 0.25) is 0 Å². The van der Waals surface area contributed by atoms with Crippen molar-refractivity contribution in [2.75, 3.05) is 12.9 Å². The molecule has 166 valence electrons. The van der Waals surface area contributed by atoms with E-state index in [0.717, 1.165) is 45.8 Å². The molecule has 0 bridgehead atoms. The van der Waals surface area contributed by atoms with Crippen molar-refractivity contribution >= 4 is 28.9 Å². The van der Waals surface area contributed by atoms with Crippen molar-refractivity contribution in [3.05, 3.63) is 69.7 Å². The highest BCUT2D eigenvalue weighted by Crippen LogP contribution is 2.31. The molecule has 0 N–H and O–H groups in total. The van der Waals surface area contributed by atoms with Gasteiger partial charge in [0, 0.05) is 28.4 Å². The fraction of sp³-hybridized carbons (Fsp3) is 0.292. The molecule has 0 aliphatic rings. The number of Topliss-reactive ketones (excluding diaryl/α,β-unsaturated/α-hetero) is 1. The van der Waals surface area contributed by atoms with Crippen LogP contribution in [0, 0.1) is 13.8 Å².